The highest BCUT2D eigenvalue weighted by atomic mass is 127. The van der Waals surface area contributed by atoms with Crippen molar-refractivity contribution in [3.05, 3.63) is 0 Å². The molecule has 1 aliphatic carbocycles. The quantitative estimate of drug-likeness (QED) is 0.543. The van der Waals surface area contributed by atoms with E-state index in [4.69, 9.17) is 0 Å². The predicted octanol–water partition coefficient (Wildman–Crippen LogP) is 2.39. The van der Waals surface area contributed by atoms with E-state index in [0.29, 0.717) is 19.0 Å². The predicted molar refractivity (Wildman–Crippen MR) is 84.0 cm³/mol. The van der Waals surface area contributed by atoms with Gasteiger partial charge in [0.1, 0.15) is 0 Å². The normalized spacial score (nSPS) is 35.7. The first-order chi connectivity index (χ1) is 9.16. The smallest absolute Gasteiger partial charge is 0.224 e. The standard InChI is InChI=1S/C14H25IN2O2/c15-11-5-1-3-7-12(8-4-2-6-11)17-10-9-13(18)16-14(17)19/h11-12,14,19H,1-10H2,(H,16,18). The summed E-state index contributed by atoms with van der Waals surface area (Å²) in [5.41, 5.74) is 0. The molecule has 1 unspecified atom stereocenters. The fraction of sp³-hybridized carbons (Fsp3) is 0.929. The lowest BCUT2D eigenvalue weighted by Crippen LogP contribution is -2.57. The second kappa shape index (κ2) is 7.78. The molecular weight excluding hydrogens is 355 g/mol. The molecule has 1 amide bonds. The number of aliphatic hydroxyl groups is 1. The van der Waals surface area contributed by atoms with Gasteiger partial charge in [0.2, 0.25) is 5.91 Å². The van der Waals surface area contributed by atoms with Crippen LogP contribution in [0.5, 0.6) is 0 Å². The minimum Gasteiger partial charge on any atom is -0.361 e. The van der Waals surface area contributed by atoms with E-state index >= 15 is 0 Å². The minimum atomic E-state index is -0.772. The van der Waals surface area contributed by atoms with E-state index in [1.807, 2.05) is 0 Å². The molecule has 2 N–H and O–H groups in total. The molecule has 0 spiro atoms. The molecule has 1 atom stereocenters. The highest BCUT2D eigenvalue weighted by Crippen LogP contribution is 2.25. The van der Waals surface area contributed by atoms with E-state index in [9.17, 15) is 9.90 Å². The van der Waals surface area contributed by atoms with Crippen LogP contribution in [-0.4, -0.2) is 38.8 Å². The number of carbonyl (C=O) groups excluding carboxylic acids is 1. The Morgan fingerprint density at radius 1 is 1.11 bits per heavy atom. The first kappa shape index (κ1) is 15.5. The van der Waals surface area contributed by atoms with E-state index in [2.05, 4.69) is 32.8 Å². The molecule has 0 radical (unpaired) electrons. The molecule has 1 heterocycles. The fourth-order valence-corrected chi connectivity index (χ4v) is 4.03. The van der Waals surface area contributed by atoms with E-state index in [1.54, 1.807) is 0 Å². The highest BCUT2D eigenvalue weighted by Gasteiger charge is 2.29. The summed E-state index contributed by atoms with van der Waals surface area (Å²) in [6, 6.07) is 0.432. The monoisotopic (exact) mass is 380 g/mol. The molecule has 19 heavy (non-hydrogen) atoms. The number of aliphatic hydroxyl groups excluding tert-OH is 1. The third-order valence-corrected chi connectivity index (χ3v) is 5.53. The average molecular weight is 380 g/mol. The van der Waals surface area contributed by atoms with Crippen LogP contribution in [0.2, 0.25) is 0 Å². The number of nitrogens with one attached hydrogen (secondary N) is 1. The molecule has 1 aliphatic heterocycles. The van der Waals surface area contributed by atoms with E-state index in [0.717, 1.165) is 16.8 Å². The molecule has 4 nitrogen and oxygen atoms in total. The number of nitrogens with zero attached hydrogens (tertiary/aromatic N) is 1. The Bertz CT molecular complexity index is 289. The molecule has 1 saturated carbocycles. The van der Waals surface area contributed by atoms with Crippen molar-refractivity contribution in [1.29, 1.82) is 0 Å². The van der Waals surface area contributed by atoms with Crippen LogP contribution < -0.4 is 5.32 Å². The third-order valence-electron chi connectivity index (χ3n) is 4.28. The largest absolute Gasteiger partial charge is 0.361 e. The number of hydrogen-bond donors (Lipinski definition) is 2. The Balaban J connectivity index is 1.88. The van der Waals surface area contributed by atoms with Crippen LogP contribution in [0, 0.1) is 0 Å². The van der Waals surface area contributed by atoms with Gasteiger partial charge >= 0.3 is 0 Å². The van der Waals surface area contributed by atoms with Crippen LogP contribution in [0.15, 0.2) is 0 Å². The lowest BCUT2D eigenvalue weighted by atomic mass is 9.96. The van der Waals surface area contributed by atoms with Crippen LogP contribution >= 0.6 is 22.6 Å². The zero-order chi connectivity index (χ0) is 13.7. The van der Waals surface area contributed by atoms with E-state index in [-0.39, 0.29) is 5.91 Å². The van der Waals surface area contributed by atoms with Crippen LogP contribution in [0.4, 0.5) is 0 Å². The summed E-state index contributed by atoms with van der Waals surface area (Å²) in [6.07, 6.45) is 9.75. The molecule has 2 rings (SSSR count). The Morgan fingerprint density at radius 3 is 2.26 bits per heavy atom. The van der Waals surface area contributed by atoms with Crippen LogP contribution in [0.1, 0.15) is 57.8 Å². The first-order valence-electron chi connectivity index (χ1n) is 7.54. The highest BCUT2D eigenvalue weighted by molar-refractivity contribution is 14.1. The van der Waals surface area contributed by atoms with Gasteiger partial charge in [0.25, 0.3) is 0 Å². The number of alkyl halides is 1. The van der Waals surface area contributed by atoms with Crippen LogP contribution in [0.3, 0.4) is 0 Å². The van der Waals surface area contributed by atoms with Crippen molar-refractivity contribution in [2.24, 2.45) is 0 Å². The molecule has 0 aromatic carbocycles. The molecular formula is C14H25IN2O2. The maximum atomic E-state index is 11.3. The lowest BCUT2D eigenvalue weighted by Gasteiger charge is -2.39. The summed E-state index contributed by atoms with van der Waals surface area (Å²) in [4.78, 5) is 13.4. The van der Waals surface area contributed by atoms with Gasteiger partial charge in [-0.1, -0.05) is 48.3 Å². The molecule has 110 valence electrons. The Morgan fingerprint density at radius 2 is 1.68 bits per heavy atom. The minimum absolute atomic E-state index is 0.0311. The molecule has 0 bridgehead atoms. The number of amides is 1. The molecule has 2 fully saturated rings. The number of hydrogen-bond acceptors (Lipinski definition) is 3. The Kier molecular flexibility index (Phi) is 6.35. The fourth-order valence-electron chi connectivity index (χ4n) is 3.15. The maximum Gasteiger partial charge on any atom is 0.224 e. The summed E-state index contributed by atoms with van der Waals surface area (Å²) in [5, 5.41) is 12.7. The van der Waals surface area contributed by atoms with Crippen LogP contribution in [0.25, 0.3) is 0 Å². The number of halogens is 1. The number of rotatable bonds is 1. The van der Waals surface area contributed by atoms with Gasteiger partial charge in [-0.05, 0) is 25.7 Å². The van der Waals surface area contributed by atoms with Crippen molar-refractivity contribution in [2.45, 2.75) is 74.1 Å². The molecule has 5 heteroatoms. The van der Waals surface area contributed by atoms with Crippen molar-refractivity contribution in [2.75, 3.05) is 6.54 Å². The summed E-state index contributed by atoms with van der Waals surface area (Å²) < 4.78 is 0.842. The van der Waals surface area contributed by atoms with Gasteiger partial charge < -0.3 is 10.4 Å². The van der Waals surface area contributed by atoms with E-state index < -0.39 is 6.35 Å². The second-order valence-electron chi connectivity index (χ2n) is 5.75. The van der Waals surface area contributed by atoms with Gasteiger partial charge in [0.05, 0.1) is 0 Å². The molecule has 2 aliphatic rings. The summed E-state index contributed by atoms with van der Waals surface area (Å²) >= 11 is 2.58. The van der Waals surface area contributed by atoms with Crippen molar-refractivity contribution in [1.82, 2.24) is 10.2 Å². The van der Waals surface area contributed by atoms with Gasteiger partial charge in [-0.2, -0.15) is 0 Å². The zero-order valence-corrected chi connectivity index (χ0v) is 13.6. The first-order valence-corrected chi connectivity index (χ1v) is 8.78. The van der Waals surface area contributed by atoms with Crippen molar-refractivity contribution >= 4 is 28.5 Å². The summed E-state index contributed by atoms with van der Waals surface area (Å²) in [7, 11) is 0. The molecule has 0 aromatic heterocycles. The maximum absolute atomic E-state index is 11.3. The van der Waals surface area contributed by atoms with Crippen LogP contribution in [-0.2, 0) is 4.79 Å². The van der Waals surface area contributed by atoms with Gasteiger partial charge in [0.15, 0.2) is 6.35 Å². The third kappa shape index (κ3) is 4.86. The van der Waals surface area contributed by atoms with Crippen molar-refractivity contribution < 1.29 is 9.90 Å². The van der Waals surface area contributed by atoms with Gasteiger partial charge in [-0.3, -0.25) is 9.69 Å². The molecule has 1 saturated heterocycles. The number of carbonyl (C=O) groups is 1. The van der Waals surface area contributed by atoms with Gasteiger partial charge in [0, 0.05) is 22.9 Å². The van der Waals surface area contributed by atoms with Crippen molar-refractivity contribution in [3.63, 3.8) is 0 Å². The lowest BCUT2D eigenvalue weighted by molar-refractivity contribution is -0.140. The summed E-state index contributed by atoms with van der Waals surface area (Å²) in [6.45, 7) is 0.701. The van der Waals surface area contributed by atoms with Gasteiger partial charge in [-0.25, -0.2) is 0 Å². The SMILES string of the molecule is O=C1CCN(C2CCCCC(I)CCCC2)C(O)N1. The molecule has 0 aromatic rings. The van der Waals surface area contributed by atoms with Gasteiger partial charge in [-0.15, -0.1) is 0 Å². The average Bonchev–Trinajstić information content (AvgIpc) is 2.38. The second-order valence-corrected chi connectivity index (χ2v) is 7.51. The Hall–Kier alpha value is 0.120. The Labute approximate surface area is 129 Å². The summed E-state index contributed by atoms with van der Waals surface area (Å²) in [5.74, 6) is -0.0311. The van der Waals surface area contributed by atoms with Crippen molar-refractivity contribution in [3.8, 4) is 0 Å². The topological polar surface area (TPSA) is 52.6 Å². The zero-order valence-electron chi connectivity index (χ0n) is 11.5. The van der Waals surface area contributed by atoms with E-state index in [1.165, 1.54) is 38.5 Å².